The summed E-state index contributed by atoms with van der Waals surface area (Å²) in [5, 5.41) is 0. The first-order valence-electron chi connectivity index (χ1n) is 4.31. The number of hydrogen-bond donors (Lipinski definition) is 1. The van der Waals surface area contributed by atoms with Crippen LogP contribution in [0.25, 0.3) is 11.3 Å². The van der Waals surface area contributed by atoms with E-state index in [1.54, 1.807) is 0 Å². The number of rotatable bonds is 1. The zero-order valence-electron chi connectivity index (χ0n) is 7.92. The molecule has 0 amide bonds. The summed E-state index contributed by atoms with van der Waals surface area (Å²) in [5.74, 6) is -1.70. The quantitative estimate of drug-likeness (QED) is 0.877. The van der Waals surface area contributed by atoms with E-state index in [0.717, 1.165) is 12.1 Å². The predicted octanol–water partition coefficient (Wildman–Crippen LogP) is 2.77. The maximum atomic E-state index is 13.0. The van der Waals surface area contributed by atoms with E-state index in [4.69, 9.17) is 5.73 Å². The van der Waals surface area contributed by atoms with Crippen LogP contribution in [0.15, 0.2) is 29.0 Å². The Kier molecular flexibility index (Phi) is 2.82. The van der Waals surface area contributed by atoms with Crippen LogP contribution in [0, 0.1) is 11.6 Å². The van der Waals surface area contributed by atoms with E-state index < -0.39 is 11.6 Å². The van der Waals surface area contributed by atoms with Gasteiger partial charge in [-0.2, -0.15) is 0 Å². The number of nitrogens with zero attached hydrogens (tertiary/aromatic N) is 2. The number of hydrogen-bond acceptors (Lipinski definition) is 3. The van der Waals surface area contributed by atoms with Crippen LogP contribution in [0.3, 0.4) is 0 Å². The maximum absolute atomic E-state index is 13.0. The predicted molar refractivity (Wildman–Crippen MR) is 59.5 cm³/mol. The van der Waals surface area contributed by atoms with Gasteiger partial charge in [0.1, 0.15) is 16.1 Å². The molecule has 0 unspecified atom stereocenters. The van der Waals surface area contributed by atoms with Crippen molar-refractivity contribution in [3.63, 3.8) is 0 Å². The van der Waals surface area contributed by atoms with Gasteiger partial charge in [0.2, 0.25) is 0 Å². The number of aromatic nitrogens is 2. The van der Waals surface area contributed by atoms with Crippen molar-refractivity contribution in [1.29, 1.82) is 0 Å². The van der Waals surface area contributed by atoms with Crippen LogP contribution < -0.4 is 5.73 Å². The van der Waals surface area contributed by atoms with E-state index >= 15 is 0 Å². The van der Waals surface area contributed by atoms with Gasteiger partial charge in [-0.05, 0) is 34.1 Å². The number of benzene rings is 1. The van der Waals surface area contributed by atoms with Crippen LogP contribution in [0.4, 0.5) is 14.6 Å². The van der Waals surface area contributed by atoms with Crippen molar-refractivity contribution in [3.8, 4) is 11.3 Å². The average molecular weight is 286 g/mol. The summed E-state index contributed by atoms with van der Waals surface area (Å²) in [6, 6.07) is 3.44. The minimum Gasteiger partial charge on any atom is -0.382 e. The molecule has 6 heteroatoms. The Morgan fingerprint density at radius 1 is 1.19 bits per heavy atom. The first kappa shape index (κ1) is 10.9. The second kappa shape index (κ2) is 4.13. The summed E-state index contributed by atoms with van der Waals surface area (Å²) in [7, 11) is 0. The second-order valence-corrected chi connectivity index (χ2v) is 3.87. The lowest BCUT2D eigenvalue weighted by molar-refractivity contribution is 0.509. The molecule has 2 N–H and O–H groups in total. The topological polar surface area (TPSA) is 51.8 Å². The Morgan fingerprint density at radius 3 is 2.62 bits per heavy atom. The van der Waals surface area contributed by atoms with Crippen LogP contribution in [-0.4, -0.2) is 9.97 Å². The molecule has 0 atom stereocenters. The lowest BCUT2D eigenvalue weighted by Gasteiger charge is -2.04. The Hall–Kier alpha value is -1.56. The number of anilines is 1. The van der Waals surface area contributed by atoms with E-state index in [-0.39, 0.29) is 5.82 Å². The minimum absolute atomic E-state index is 0.161. The van der Waals surface area contributed by atoms with E-state index in [1.807, 2.05) is 0 Å². The molecule has 0 spiro atoms. The highest BCUT2D eigenvalue weighted by Gasteiger charge is 2.09. The Bertz CT molecular complexity index is 546. The molecule has 1 aromatic carbocycles. The highest BCUT2D eigenvalue weighted by atomic mass is 79.9. The standard InChI is InChI=1S/C10H6BrF2N3/c11-8-4-15-10(14)9(16-8)5-1-2-6(12)7(13)3-5/h1-4H,(H2,14,15). The molecular weight excluding hydrogens is 280 g/mol. The normalized spacial score (nSPS) is 10.4. The number of nitrogen functional groups attached to an aromatic ring is 1. The fraction of sp³-hybridized carbons (Fsp3) is 0. The summed E-state index contributed by atoms with van der Waals surface area (Å²) in [6.45, 7) is 0. The van der Waals surface area contributed by atoms with Crippen molar-refractivity contribution >= 4 is 21.7 Å². The average Bonchev–Trinajstić information content (AvgIpc) is 2.26. The van der Waals surface area contributed by atoms with Gasteiger partial charge in [-0.3, -0.25) is 0 Å². The molecule has 0 saturated heterocycles. The minimum atomic E-state index is -0.946. The molecule has 2 rings (SSSR count). The fourth-order valence-electron chi connectivity index (χ4n) is 1.23. The van der Waals surface area contributed by atoms with Crippen molar-refractivity contribution in [3.05, 3.63) is 40.6 Å². The van der Waals surface area contributed by atoms with Gasteiger partial charge in [0.15, 0.2) is 11.6 Å². The summed E-state index contributed by atoms with van der Waals surface area (Å²) in [6.07, 6.45) is 1.43. The third-order valence-corrected chi connectivity index (χ3v) is 2.35. The molecule has 0 aliphatic rings. The van der Waals surface area contributed by atoms with E-state index in [0.29, 0.717) is 15.9 Å². The molecule has 3 nitrogen and oxygen atoms in total. The third kappa shape index (κ3) is 2.01. The van der Waals surface area contributed by atoms with Crippen LogP contribution >= 0.6 is 15.9 Å². The van der Waals surface area contributed by atoms with E-state index in [1.165, 1.54) is 12.3 Å². The molecule has 0 radical (unpaired) electrons. The number of nitrogens with two attached hydrogens (primary N) is 1. The van der Waals surface area contributed by atoms with Gasteiger partial charge in [0, 0.05) is 5.56 Å². The van der Waals surface area contributed by atoms with Crippen LogP contribution in [-0.2, 0) is 0 Å². The Morgan fingerprint density at radius 2 is 1.94 bits per heavy atom. The van der Waals surface area contributed by atoms with Crippen LogP contribution in [0.1, 0.15) is 0 Å². The van der Waals surface area contributed by atoms with Crippen molar-refractivity contribution < 1.29 is 8.78 Å². The highest BCUT2D eigenvalue weighted by Crippen LogP contribution is 2.24. The van der Waals surface area contributed by atoms with Crippen LogP contribution in [0.2, 0.25) is 0 Å². The Labute approximate surface area is 98.5 Å². The van der Waals surface area contributed by atoms with Crippen molar-refractivity contribution in [2.24, 2.45) is 0 Å². The molecule has 0 aliphatic carbocycles. The second-order valence-electron chi connectivity index (χ2n) is 3.06. The molecule has 82 valence electrons. The lowest BCUT2D eigenvalue weighted by Crippen LogP contribution is -1.98. The highest BCUT2D eigenvalue weighted by molar-refractivity contribution is 9.10. The SMILES string of the molecule is Nc1ncc(Br)nc1-c1ccc(F)c(F)c1. The van der Waals surface area contributed by atoms with E-state index in [9.17, 15) is 8.78 Å². The third-order valence-electron chi connectivity index (χ3n) is 1.96. The molecule has 1 aromatic heterocycles. The summed E-state index contributed by atoms with van der Waals surface area (Å²) < 4.78 is 26.2. The monoisotopic (exact) mass is 285 g/mol. The van der Waals surface area contributed by atoms with Crippen molar-refractivity contribution in [2.75, 3.05) is 5.73 Å². The van der Waals surface area contributed by atoms with Gasteiger partial charge in [-0.15, -0.1) is 0 Å². The zero-order chi connectivity index (χ0) is 11.7. The molecular formula is C10H6BrF2N3. The summed E-state index contributed by atoms with van der Waals surface area (Å²) in [4.78, 5) is 7.91. The summed E-state index contributed by atoms with van der Waals surface area (Å²) >= 11 is 3.13. The van der Waals surface area contributed by atoms with E-state index in [2.05, 4.69) is 25.9 Å². The maximum Gasteiger partial charge on any atom is 0.159 e. The van der Waals surface area contributed by atoms with Crippen molar-refractivity contribution in [2.45, 2.75) is 0 Å². The molecule has 0 fully saturated rings. The van der Waals surface area contributed by atoms with Gasteiger partial charge in [-0.25, -0.2) is 18.7 Å². The summed E-state index contributed by atoms with van der Waals surface area (Å²) in [5.41, 5.74) is 6.29. The first-order valence-corrected chi connectivity index (χ1v) is 5.10. The lowest BCUT2D eigenvalue weighted by atomic mass is 10.1. The van der Waals surface area contributed by atoms with Gasteiger partial charge in [0.25, 0.3) is 0 Å². The van der Waals surface area contributed by atoms with Crippen LogP contribution in [0.5, 0.6) is 0 Å². The van der Waals surface area contributed by atoms with Gasteiger partial charge >= 0.3 is 0 Å². The molecule has 16 heavy (non-hydrogen) atoms. The largest absolute Gasteiger partial charge is 0.382 e. The number of halogens is 3. The first-order chi connectivity index (χ1) is 7.58. The molecule has 0 saturated carbocycles. The molecule has 2 aromatic rings. The molecule has 1 heterocycles. The Balaban J connectivity index is 2.58. The molecule has 0 bridgehead atoms. The van der Waals surface area contributed by atoms with Gasteiger partial charge < -0.3 is 5.73 Å². The van der Waals surface area contributed by atoms with Gasteiger partial charge in [-0.1, -0.05) is 0 Å². The smallest absolute Gasteiger partial charge is 0.159 e. The molecule has 0 aliphatic heterocycles. The fourth-order valence-corrected chi connectivity index (χ4v) is 1.51. The van der Waals surface area contributed by atoms with Crippen molar-refractivity contribution in [1.82, 2.24) is 9.97 Å². The zero-order valence-corrected chi connectivity index (χ0v) is 9.50. The van der Waals surface area contributed by atoms with Gasteiger partial charge in [0.05, 0.1) is 6.20 Å².